The molecule has 0 radical (unpaired) electrons. The fourth-order valence-electron chi connectivity index (χ4n) is 3.56. The third-order valence-electron chi connectivity index (χ3n) is 5.25. The minimum atomic E-state index is 0.0428. The SMILES string of the molecule is CCOc1ccc(-c2cc(N3CCN(C(=O)/C=C\c4ccccc4)CC3)ncn2)cc1. The van der Waals surface area contributed by atoms with Gasteiger partial charge in [0.15, 0.2) is 0 Å². The van der Waals surface area contributed by atoms with Crippen molar-refractivity contribution in [1.82, 2.24) is 14.9 Å². The number of carbonyl (C=O) groups excluding carboxylic acids is 1. The van der Waals surface area contributed by atoms with Crippen LogP contribution in [0.25, 0.3) is 17.3 Å². The van der Waals surface area contributed by atoms with Gasteiger partial charge in [-0.1, -0.05) is 30.3 Å². The Hall–Kier alpha value is -3.67. The molecule has 1 aliphatic heterocycles. The second-order valence-corrected chi connectivity index (χ2v) is 7.28. The summed E-state index contributed by atoms with van der Waals surface area (Å²) in [6, 6.07) is 19.8. The molecule has 0 bridgehead atoms. The number of anilines is 1. The molecule has 3 aromatic rings. The van der Waals surface area contributed by atoms with E-state index in [1.807, 2.05) is 78.6 Å². The van der Waals surface area contributed by atoms with Crippen LogP contribution in [0, 0.1) is 0 Å². The number of nitrogens with zero attached hydrogens (tertiary/aromatic N) is 4. The van der Waals surface area contributed by atoms with Crippen LogP contribution in [0.5, 0.6) is 5.75 Å². The van der Waals surface area contributed by atoms with E-state index >= 15 is 0 Å². The minimum Gasteiger partial charge on any atom is -0.494 e. The van der Waals surface area contributed by atoms with Gasteiger partial charge in [0.25, 0.3) is 0 Å². The Balaban J connectivity index is 1.37. The monoisotopic (exact) mass is 414 g/mol. The molecule has 0 N–H and O–H groups in total. The molecule has 1 aliphatic rings. The van der Waals surface area contributed by atoms with Crippen LogP contribution in [0.3, 0.4) is 0 Å². The number of carbonyl (C=O) groups is 1. The van der Waals surface area contributed by atoms with Crippen LogP contribution in [0.1, 0.15) is 12.5 Å². The van der Waals surface area contributed by atoms with Crippen LogP contribution in [0.15, 0.2) is 73.1 Å². The van der Waals surface area contributed by atoms with E-state index in [0.29, 0.717) is 19.7 Å². The van der Waals surface area contributed by atoms with E-state index in [4.69, 9.17) is 4.74 Å². The van der Waals surface area contributed by atoms with Crippen LogP contribution in [0.4, 0.5) is 5.82 Å². The highest BCUT2D eigenvalue weighted by Crippen LogP contribution is 2.24. The van der Waals surface area contributed by atoms with Gasteiger partial charge in [-0.25, -0.2) is 9.97 Å². The molecule has 1 saturated heterocycles. The van der Waals surface area contributed by atoms with Crippen LogP contribution in [-0.4, -0.2) is 53.6 Å². The summed E-state index contributed by atoms with van der Waals surface area (Å²) in [5.41, 5.74) is 2.92. The van der Waals surface area contributed by atoms with Crippen molar-refractivity contribution in [2.45, 2.75) is 6.92 Å². The van der Waals surface area contributed by atoms with Gasteiger partial charge >= 0.3 is 0 Å². The van der Waals surface area contributed by atoms with Crippen molar-refractivity contribution < 1.29 is 9.53 Å². The standard InChI is InChI=1S/C25H26N4O2/c1-2-31-22-11-9-21(10-12-22)23-18-24(27-19-26-23)28-14-16-29(17-15-28)25(30)13-8-20-6-4-3-5-7-20/h3-13,18-19H,2,14-17H2,1H3/b13-8-. The Bertz CT molecular complexity index is 1030. The average Bonchev–Trinajstić information content (AvgIpc) is 2.84. The molecule has 0 saturated carbocycles. The van der Waals surface area contributed by atoms with Crippen molar-refractivity contribution in [3.8, 4) is 17.0 Å². The lowest BCUT2D eigenvalue weighted by atomic mass is 10.1. The number of amides is 1. The Kier molecular flexibility index (Phi) is 6.57. The molecule has 6 heteroatoms. The molecule has 1 fully saturated rings. The van der Waals surface area contributed by atoms with E-state index in [2.05, 4.69) is 14.9 Å². The van der Waals surface area contributed by atoms with Crippen LogP contribution in [0.2, 0.25) is 0 Å². The number of benzene rings is 2. The first kappa shape index (κ1) is 20.6. The summed E-state index contributed by atoms with van der Waals surface area (Å²) in [7, 11) is 0. The molecule has 4 rings (SSSR count). The van der Waals surface area contributed by atoms with Gasteiger partial charge in [0, 0.05) is 43.9 Å². The zero-order valence-electron chi connectivity index (χ0n) is 17.6. The third-order valence-corrected chi connectivity index (χ3v) is 5.25. The van der Waals surface area contributed by atoms with E-state index in [-0.39, 0.29) is 5.91 Å². The maximum atomic E-state index is 12.5. The zero-order valence-corrected chi connectivity index (χ0v) is 17.6. The first-order chi connectivity index (χ1) is 15.2. The minimum absolute atomic E-state index is 0.0428. The van der Waals surface area contributed by atoms with Gasteiger partial charge in [-0.05, 0) is 42.8 Å². The van der Waals surface area contributed by atoms with Crippen molar-refractivity contribution in [2.75, 3.05) is 37.7 Å². The second-order valence-electron chi connectivity index (χ2n) is 7.28. The lowest BCUT2D eigenvalue weighted by Crippen LogP contribution is -2.48. The Labute approximate surface area is 182 Å². The number of piperazine rings is 1. The number of ether oxygens (including phenoxy) is 1. The largest absolute Gasteiger partial charge is 0.494 e. The van der Waals surface area contributed by atoms with Gasteiger partial charge in [0.05, 0.1) is 12.3 Å². The number of hydrogen-bond donors (Lipinski definition) is 0. The smallest absolute Gasteiger partial charge is 0.246 e. The summed E-state index contributed by atoms with van der Waals surface area (Å²) in [6.07, 6.45) is 5.11. The summed E-state index contributed by atoms with van der Waals surface area (Å²) in [4.78, 5) is 25.5. The molecule has 0 atom stereocenters. The van der Waals surface area contributed by atoms with Crippen molar-refractivity contribution in [3.05, 3.63) is 78.6 Å². The summed E-state index contributed by atoms with van der Waals surface area (Å²) in [5, 5.41) is 0. The Morgan fingerprint density at radius 2 is 1.74 bits per heavy atom. The molecule has 2 aromatic carbocycles. The maximum Gasteiger partial charge on any atom is 0.246 e. The molecule has 1 amide bonds. The van der Waals surface area contributed by atoms with E-state index < -0.39 is 0 Å². The summed E-state index contributed by atoms with van der Waals surface area (Å²) >= 11 is 0. The van der Waals surface area contributed by atoms with Crippen molar-refractivity contribution in [2.24, 2.45) is 0 Å². The summed E-state index contributed by atoms with van der Waals surface area (Å²) in [6.45, 7) is 5.43. The van der Waals surface area contributed by atoms with E-state index in [1.165, 1.54) is 0 Å². The predicted octanol–water partition coefficient (Wildman–Crippen LogP) is 3.90. The molecule has 31 heavy (non-hydrogen) atoms. The van der Waals surface area contributed by atoms with Crippen LogP contribution >= 0.6 is 0 Å². The second kappa shape index (κ2) is 9.89. The third kappa shape index (κ3) is 5.28. The summed E-state index contributed by atoms with van der Waals surface area (Å²) in [5.74, 6) is 1.77. The van der Waals surface area contributed by atoms with Gasteiger partial charge in [0.1, 0.15) is 17.9 Å². The topological polar surface area (TPSA) is 58.6 Å². The summed E-state index contributed by atoms with van der Waals surface area (Å²) < 4.78 is 5.51. The van der Waals surface area contributed by atoms with Gasteiger partial charge in [-0.3, -0.25) is 4.79 Å². The Morgan fingerprint density at radius 1 is 1.00 bits per heavy atom. The fraction of sp³-hybridized carbons (Fsp3) is 0.240. The highest BCUT2D eigenvalue weighted by atomic mass is 16.5. The van der Waals surface area contributed by atoms with Crippen molar-refractivity contribution in [3.63, 3.8) is 0 Å². The van der Waals surface area contributed by atoms with Gasteiger partial charge in [0.2, 0.25) is 5.91 Å². The molecular weight excluding hydrogens is 388 g/mol. The molecule has 0 aliphatic carbocycles. The van der Waals surface area contributed by atoms with Crippen molar-refractivity contribution in [1.29, 1.82) is 0 Å². The van der Waals surface area contributed by atoms with Gasteiger partial charge < -0.3 is 14.5 Å². The predicted molar refractivity (Wildman–Crippen MR) is 123 cm³/mol. The number of rotatable bonds is 6. The van der Waals surface area contributed by atoms with Crippen LogP contribution < -0.4 is 9.64 Å². The maximum absolute atomic E-state index is 12.5. The van der Waals surface area contributed by atoms with Crippen LogP contribution in [-0.2, 0) is 4.79 Å². The molecule has 158 valence electrons. The van der Waals surface area contributed by atoms with Gasteiger partial charge in [-0.15, -0.1) is 0 Å². The quantitative estimate of drug-likeness (QED) is 0.573. The molecule has 0 spiro atoms. The first-order valence-electron chi connectivity index (χ1n) is 10.5. The van der Waals surface area contributed by atoms with E-state index in [0.717, 1.165) is 41.5 Å². The lowest BCUT2D eigenvalue weighted by molar-refractivity contribution is -0.126. The number of hydrogen-bond acceptors (Lipinski definition) is 5. The fourth-order valence-corrected chi connectivity index (χ4v) is 3.56. The molecular formula is C25H26N4O2. The Morgan fingerprint density at radius 3 is 2.45 bits per heavy atom. The highest BCUT2D eigenvalue weighted by Gasteiger charge is 2.21. The average molecular weight is 415 g/mol. The lowest BCUT2D eigenvalue weighted by Gasteiger charge is -2.35. The van der Waals surface area contributed by atoms with Gasteiger partial charge in [-0.2, -0.15) is 0 Å². The van der Waals surface area contributed by atoms with E-state index in [1.54, 1.807) is 12.4 Å². The number of aromatic nitrogens is 2. The first-order valence-corrected chi connectivity index (χ1v) is 10.5. The molecule has 0 unspecified atom stereocenters. The zero-order chi connectivity index (χ0) is 21.5. The van der Waals surface area contributed by atoms with Crippen molar-refractivity contribution >= 4 is 17.8 Å². The highest BCUT2D eigenvalue weighted by molar-refractivity contribution is 5.92. The molecule has 2 heterocycles. The van der Waals surface area contributed by atoms with E-state index in [9.17, 15) is 4.79 Å². The molecule has 6 nitrogen and oxygen atoms in total. The normalized spacial score (nSPS) is 14.1. The molecule has 1 aromatic heterocycles.